The van der Waals surface area contributed by atoms with Gasteiger partial charge in [0.2, 0.25) is 11.8 Å². The summed E-state index contributed by atoms with van der Waals surface area (Å²) < 4.78 is 18.1. The van der Waals surface area contributed by atoms with Crippen molar-refractivity contribution in [1.82, 2.24) is 10.2 Å². The van der Waals surface area contributed by atoms with E-state index >= 15 is 0 Å². The van der Waals surface area contributed by atoms with E-state index in [9.17, 15) is 9.18 Å². The van der Waals surface area contributed by atoms with E-state index in [1.807, 2.05) is 6.92 Å². The lowest BCUT2D eigenvalue weighted by atomic mass is 10.3. The molecule has 0 bridgehead atoms. The Morgan fingerprint density at radius 1 is 1.38 bits per heavy atom. The van der Waals surface area contributed by atoms with Gasteiger partial charge in [0.25, 0.3) is 5.22 Å². The standard InChI is InChI=1S/C13H15FN4O2S/c1-2-18(10-5-3-9(14)4-6-10)12(19)8-21-13-17-16-11(7-15)20-13/h3-6H,2,7-8,15H2,1H3. The van der Waals surface area contributed by atoms with Crippen LogP contribution in [0.15, 0.2) is 33.9 Å². The van der Waals surface area contributed by atoms with Crippen molar-refractivity contribution < 1.29 is 13.6 Å². The highest BCUT2D eigenvalue weighted by molar-refractivity contribution is 7.99. The van der Waals surface area contributed by atoms with Crippen LogP contribution in [0.2, 0.25) is 0 Å². The van der Waals surface area contributed by atoms with Crippen LogP contribution in [-0.4, -0.2) is 28.4 Å². The fraction of sp³-hybridized carbons (Fsp3) is 0.308. The molecule has 1 aromatic heterocycles. The summed E-state index contributed by atoms with van der Waals surface area (Å²) in [7, 11) is 0. The van der Waals surface area contributed by atoms with E-state index in [0.717, 1.165) is 11.8 Å². The maximum atomic E-state index is 12.9. The number of benzene rings is 1. The van der Waals surface area contributed by atoms with Gasteiger partial charge >= 0.3 is 0 Å². The van der Waals surface area contributed by atoms with E-state index < -0.39 is 0 Å². The van der Waals surface area contributed by atoms with Crippen LogP contribution in [0, 0.1) is 5.82 Å². The van der Waals surface area contributed by atoms with E-state index in [2.05, 4.69) is 10.2 Å². The highest BCUT2D eigenvalue weighted by Gasteiger charge is 2.16. The molecule has 0 spiro atoms. The average molecular weight is 310 g/mol. The predicted molar refractivity (Wildman–Crippen MR) is 77.3 cm³/mol. The van der Waals surface area contributed by atoms with Crippen LogP contribution in [-0.2, 0) is 11.3 Å². The quantitative estimate of drug-likeness (QED) is 0.819. The molecular formula is C13H15FN4O2S. The van der Waals surface area contributed by atoms with Gasteiger partial charge in [0, 0.05) is 12.2 Å². The van der Waals surface area contributed by atoms with Crippen molar-refractivity contribution in [1.29, 1.82) is 0 Å². The zero-order valence-corrected chi connectivity index (χ0v) is 12.3. The SMILES string of the molecule is CCN(C(=O)CSc1nnc(CN)o1)c1ccc(F)cc1. The number of nitrogens with zero attached hydrogens (tertiary/aromatic N) is 3. The predicted octanol–water partition coefficient (Wildman–Crippen LogP) is 1.81. The van der Waals surface area contributed by atoms with Gasteiger partial charge in [-0.25, -0.2) is 4.39 Å². The summed E-state index contributed by atoms with van der Waals surface area (Å²) in [5, 5.41) is 7.80. The molecule has 0 radical (unpaired) electrons. The lowest BCUT2D eigenvalue weighted by Gasteiger charge is -2.20. The monoisotopic (exact) mass is 310 g/mol. The maximum Gasteiger partial charge on any atom is 0.277 e. The minimum absolute atomic E-state index is 0.124. The van der Waals surface area contributed by atoms with Crippen molar-refractivity contribution in [3.63, 3.8) is 0 Å². The smallest absolute Gasteiger partial charge is 0.277 e. The van der Waals surface area contributed by atoms with Crippen molar-refractivity contribution >= 4 is 23.4 Å². The van der Waals surface area contributed by atoms with Crippen LogP contribution in [0.3, 0.4) is 0 Å². The first-order valence-electron chi connectivity index (χ1n) is 6.35. The fourth-order valence-corrected chi connectivity index (χ4v) is 2.36. The van der Waals surface area contributed by atoms with Gasteiger partial charge in [0.1, 0.15) is 5.82 Å². The Labute approximate surface area is 125 Å². The Kier molecular flexibility index (Phi) is 5.29. The molecule has 0 saturated carbocycles. The normalized spacial score (nSPS) is 10.6. The van der Waals surface area contributed by atoms with Crippen LogP contribution in [0.4, 0.5) is 10.1 Å². The van der Waals surface area contributed by atoms with Crippen molar-refractivity contribution in [2.75, 3.05) is 17.2 Å². The molecule has 2 aromatic rings. The number of halogens is 1. The number of rotatable bonds is 6. The van der Waals surface area contributed by atoms with Gasteiger partial charge < -0.3 is 15.1 Å². The maximum absolute atomic E-state index is 12.9. The summed E-state index contributed by atoms with van der Waals surface area (Å²) in [4.78, 5) is 13.8. The van der Waals surface area contributed by atoms with Crippen LogP contribution in [0.5, 0.6) is 0 Å². The van der Waals surface area contributed by atoms with E-state index in [0.29, 0.717) is 23.3 Å². The first-order chi connectivity index (χ1) is 10.1. The Hall–Kier alpha value is -1.93. The summed E-state index contributed by atoms with van der Waals surface area (Å²) in [6, 6.07) is 5.79. The second kappa shape index (κ2) is 7.19. The Balaban J connectivity index is 1.98. The molecule has 0 aliphatic heterocycles. The molecular weight excluding hydrogens is 295 g/mol. The van der Waals surface area contributed by atoms with E-state index in [4.69, 9.17) is 10.2 Å². The third-order valence-electron chi connectivity index (χ3n) is 2.70. The van der Waals surface area contributed by atoms with Crippen LogP contribution < -0.4 is 10.6 Å². The minimum Gasteiger partial charge on any atom is -0.415 e. The summed E-state index contributed by atoms with van der Waals surface area (Å²) >= 11 is 1.15. The largest absolute Gasteiger partial charge is 0.415 e. The molecule has 2 N–H and O–H groups in total. The highest BCUT2D eigenvalue weighted by Crippen LogP contribution is 2.20. The Bertz CT molecular complexity index is 602. The first-order valence-corrected chi connectivity index (χ1v) is 7.33. The number of aromatic nitrogens is 2. The van der Waals surface area contributed by atoms with Gasteiger partial charge in [0.05, 0.1) is 12.3 Å². The molecule has 0 aliphatic carbocycles. The number of hydrogen-bond acceptors (Lipinski definition) is 6. The van der Waals surface area contributed by atoms with E-state index in [-0.39, 0.29) is 24.0 Å². The second-order valence-electron chi connectivity index (χ2n) is 4.07. The van der Waals surface area contributed by atoms with Crippen molar-refractivity contribution in [3.8, 4) is 0 Å². The molecule has 0 atom stereocenters. The molecule has 1 aromatic carbocycles. The lowest BCUT2D eigenvalue weighted by Crippen LogP contribution is -2.32. The van der Waals surface area contributed by atoms with Crippen molar-refractivity contribution in [2.45, 2.75) is 18.7 Å². The third-order valence-corrected chi connectivity index (χ3v) is 3.50. The Morgan fingerprint density at radius 2 is 2.10 bits per heavy atom. The molecule has 1 amide bonds. The van der Waals surface area contributed by atoms with Gasteiger partial charge in [-0.05, 0) is 31.2 Å². The summed E-state index contributed by atoms with van der Waals surface area (Å²) in [6.45, 7) is 2.51. The summed E-state index contributed by atoms with van der Waals surface area (Å²) in [6.07, 6.45) is 0. The molecule has 21 heavy (non-hydrogen) atoms. The van der Waals surface area contributed by atoms with Crippen LogP contribution >= 0.6 is 11.8 Å². The zero-order chi connectivity index (χ0) is 15.2. The number of thioether (sulfide) groups is 1. The van der Waals surface area contributed by atoms with Gasteiger partial charge in [-0.2, -0.15) is 0 Å². The molecule has 0 unspecified atom stereocenters. The van der Waals surface area contributed by atoms with E-state index in [1.54, 1.807) is 17.0 Å². The highest BCUT2D eigenvalue weighted by atomic mass is 32.2. The van der Waals surface area contributed by atoms with E-state index in [1.165, 1.54) is 12.1 Å². The molecule has 0 saturated heterocycles. The fourth-order valence-electron chi connectivity index (χ4n) is 1.70. The zero-order valence-electron chi connectivity index (χ0n) is 11.5. The average Bonchev–Trinajstić information content (AvgIpc) is 2.96. The number of nitrogens with two attached hydrogens (primary N) is 1. The summed E-state index contributed by atoms with van der Waals surface area (Å²) in [5.41, 5.74) is 6.02. The molecule has 112 valence electrons. The number of anilines is 1. The van der Waals surface area contributed by atoms with Gasteiger partial charge in [-0.15, -0.1) is 10.2 Å². The molecule has 2 rings (SSSR count). The topological polar surface area (TPSA) is 85.2 Å². The van der Waals surface area contributed by atoms with Crippen molar-refractivity contribution in [2.24, 2.45) is 5.73 Å². The number of hydrogen-bond donors (Lipinski definition) is 1. The van der Waals surface area contributed by atoms with Crippen molar-refractivity contribution in [3.05, 3.63) is 36.0 Å². The number of carbonyl (C=O) groups excluding carboxylic acids is 1. The number of carbonyl (C=O) groups is 1. The lowest BCUT2D eigenvalue weighted by molar-refractivity contribution is -0.116. The van der Waals surface area contributed by atoms with Crippen LogP contribution in [0.25, 0.3) is 0 Å². The molecule has 8 heteroatoms. The third kappa shape index (κ3) is 4.02. The minimum atomic E-state index is -0.336. The molecule has 0 aliphatic rings. The second-order valence-corrected chi connectivity index (χ2v) is 5.00. The molecule has 6 nitrogen and oxygen atoms in total. The number of amides is 1. The van der Waals surface area contributed by atoms with Gasteiger partial charge in [0.15, 0.2) is 0 Å². The summed E-state index contributed by atoms with van der Waals surface area (Å²) in [5.74, 6) is 0.0199. The first kappa shape index (κ1) is 15.5. The van der Waals surface area contributed by atoms with Crippen LogP contribution in [0.1, 0.15) is 12.8 Å². The van der Waals surface area contributed by atoms with Gasteiger partial charge in [-0.1, -0.05) is 11.8 Å². The van der Waals surface area contributed by atoms with Gasteiger partial charge in [-0.3, -0.25) is 4.79 Å². The molecule has 1 heterocycles. The Morgan fingerprint density at radius 3 is 2.67 bits per heavy atom. The molecule has 0 fully saturated rings.